The third-order valence-electron chi connectivity index (χ3n) is 3.88. The molecule has 0 saturated heterocycles. The second-order valence-electron chi connectivity index (χ2n) is 5.83. The summed E-state index contributed by atoms with van der Waals surface area (Å²) in [7, 11) is 1.56. The number of methoxy groups -OCH3 is 1. The summed E-state index contributed by atoms with van der Waals surface area (Å²) in [6, 6.07) is 13.3. The van der Waals surface area contributed by atoms with E-state index in [0.717, 1.165) is 18.1 Å². The number of hydrogen-bond donors (Lipinski definition) is 2. The Morgan fingerprint density at radius 2 is 1.92 bits per heavy atom. The number of nitrogens with zero attached hydrogens (tertiary/aromatic N) is 1. The summed E-state index contributed by atoms with van der Waals surface area (Å²) in [4.78, 5) is 4.59. The molecule has 2 aromatic rings. The van der Waals surface area contributed by atoms with Crippen molar-refractivity contribution in [2.75, 3.05) is 13.7 Å². The van der Waals surface area contributed by atoms with Crippen LogP contribution < -0.4 is 10.6 Å². The molecular weight excluding hydrogens is 317 g/mol. The summed E-state index contributed by atoms with van der Waals surface area (Å²) >= 11 is 0. The first-order chi connectivity index (χ1) is 12.1. The first kappa shape index (κ1) is 18.9. The zero-order chi connectivity index (χ0) is 18.1. The Balaban J connectivity index is 2.04. The number of rotatable bonds is 7. The first-order valence-electron chi connectivity index (χ1n) is 8.47. The largest absolute Gasteiger partial charge is 0.380 e. The fourth-order valence-electron chi connectivity index (χ4n) is 2.49. The molecule has 0 saturated carbocycles. The third-order valence-corrected chi connectivity index (χ3v) is 3.88. The van der Waals surface area contributed by atoms with Crippen molar-refractivity contribution in [2.24, 2.45) is 4.99 Å². The number of hydrogen-bond acceptors (Lipinski definition) is 2. The van der Waals surface area contributed by atoms with Crippen molar-refractivity contribution in [1.82, 2.24) is 10.6 Å². The topological polar surface area (TPSA) is 45.7 Å². The van der Waals surface area contributed by atoms with Gasteiger partial charge in [0.2, 0.25) is 0 Å². The van der Waals surface area contributed by atoms with E-state index in [1.54, 1.807) is 19.2 Å². The highest BCUT2D eigenvalue weighted by atomic mass is 19.1. The Hall–Kier alpha value is -2.40. The van der Waals surface area contributed by atoms with Gasteiger partial charge in [0.25, 0.3) is 0 Å². The molecule has 25 heavy (non-hydrogen) atoms. The Labute approximate surface area is 149 Å². The van der Waals surface area contributed by atoms with Crippen molar-refractivity contribution in [3.05, 3.63) is 70.5 Å². The monoisotopic (exact) mass is 343 g/mol. The van der Waals surface area contributed by atoms with E-state index in [2.05, 4.69) is 34.7 Å². The number of benzene rings is 2. The van der Waals surface area contributed by atoms with Gasteiger partial charge in [-0.25, -0.2) is 9.38 Å². The number of aryl methyl sites for hydroxylation is 1. The van der Waals surface area contributed by atoms with Crippen molar-refractivity contribution >= 4 is 5.96 Å². The Morgan fingerprint density at radius 3 is 2.64 bits per heavy atom. The highest BCUT2D eigenvalue weighted by Crippen LogP contribution is 2.12. The molecule has 0 spiro atoms. The molecule has 0 heterocycles. The Kier molecular flexibility index (Phi) is 7.41. The summed E-state index contributed by atoms with van der Waals surface area (Å²) in [5, 5.41) is 6.57. The van der Waals surface area contributed by atoms with Crippen LogP contribution in [0.5, 0.6) is 0 Å². The fraction of sp³-hybridized carbons (Fsp3) is 0.350. The average Bonchev–Trinajstić information content (AvgIpc) is 2.61. The second kappa shape index (κ2) is 9.79. The quantitative estimate of drug-likeness (QED) is 0.597. The lowest BCUT2D eigenvalue weighted by molar-refractivity contribution is 0.181. The second-order valence-corrected chi connectivity index (χ2v) is 5.83. The molecule has 5 heteroatoms. The van der Waals surface area contributed by atoms with E-state index in [4.69, 9.17) is 4.74 Å². The minimum absolute atomic E-state index is 0.251. The maximum Gasteiger partial charge on any atom is 0.191 e. The van der Waals surface area contributed by atoms with E-state index in [1.807, 2.05) is 19.1 Å². The van der Waals surface area contributed by atoms with Crippen LogP contribution in [-0.2, 0) is 24.4 Å². The average molecular weight is 343 g/mol. The molecule has 0 bridgehead atoms. The maximum absolute atomic E-state index is 13.7. The van der Waals surface area contributed by atoms with Gasteiger partial charge in [0.15, 0.2) is 5.96 Å². The number of nitrogens with one attached hydrogen (secondary N) is 2. The van der Waals surface area contributed by atoms with Crippen LogP contribution in [0, 0.1) is 12.7 Å². The summed E-state index contributed by atoms with van der Waals surface area (Å²) in [6.07, 6.45) is 0. The van der Waals surface area contributed by atoms with Crippen molar-refractivity contribution in [1.29, 1.82) is 0 Å². The van der Waals surface area contributed by atoms with E-state index in [0.29, 0.717) is 18.7 Å². The van der Waals surface area contributed by atoms with Crippen LogP contribution >= 0.6 is 0 Å². The molecule has 2 N–H and O–H groups in total. The zero-order valence-corrected chi connectivity index (χ0v) is 15.1. The van der Waals surface area contributed by atoms with Gasteiger partial charge in [-0.05, 0) is 42.7 Å². The number of ether oxygens (including phenoxy) is 1. The van der Waals surface area contributed by atoms with Crippen molar-refractivity contribution in [3.8, 4) is 0 Å². The molecule has 2 rings (SSSR count). The normalized spacial score (nSPS) is 11.4. The SMILES string of the molecule is CCNC(=NCc1ccc(F)c(COC)c1)NCc1ccccc1C. The molecule has 0 aliphatic carbocycles. The van der Waals surface area contributed by atoms with Gasteiger partial charge < -0.3 is 15.4 Å². The lowest BCUT2D eigenvalue weighted by Crippen LogP contribution is -2.36. The maximum atomic E-state index is 13.7. The summed E-state index contributed by atoms with van der Waals surface area (Å²) in [6.45, 7) is 6.33. The van der Waals surface area contributed by atoms with Gasteiger partial charge >= 0.3 is 0 Å². The van der Waals surface area contributed by atoms with Crippen LogP contribution in [0.15, 0.2) is 47.5 Å². The minimum Gasteiger partial charge on any atom is -0.380 e. The lowest BCUT2D eigenvalue weighted by Gasteiger charge is -2.13. The first-order valence-corrected chi connectivity index (χ1v) is 8.47. The standard InChI is InChI=1S/C20H26FN3O/c1-4-22-20(24-13-17-8-6-5-7-15(17)2)23-12-16-9-10-19(21)18(11-16)14-25-3/h5-11H,4,12-14H2,1-3H3,(H2,22,23,24). The van der Waals surface area contributed by atoms with Crippen molar-refractivity contribution in [3.63, 3.8) is 0 Å². The molecule has 0 unspecified atom stereocenters. The Bertz CT molecular complexity index is 716. The third kappa shape index (κ3) is 5.87. The van der Waals surface area contributed by atoms with E-state index >= 15 is 0 Å². The molecule has 0 aromatic heterocycles. The van der Waals surface area contributed by atoms with Crippen LogP contribution in [0.4, 0.5) is 4.39 Å². The van der Waals surface area contributed by atoms with E-state index in [-0.39, 0.29) is 12.4 Å². The van der Waals surface area contributed by atoms with E-state index in [1.165, 1.54) is 17.2 Å². The van der Waals surface area contributed by atoms with Crippen LogP contribution in [0.25, 0.3) is 0 Å². The molecule has 134 valence electrons. The molecule has 0 radical (unpaired) electrons. The van der Waals surface area contributed by atoms with E-state index in [9.17, 15) is 4.39 Å². The molecule has 0 aliphatic heterocycles. The van der Waals surface area contributed by atoms with Crippen LogP contribution in [0.2, 0.25) is 0 Å². The summed E-state index contributed by atoms with van der Waals surface area (Å²) in [5.74, 6) is 0.488. The fourth-order valence-corrected chi connectivity index (χ4v) is 2.49. The van der Waals surface area contributed by atoms with Gasteiger partial charge in [-0.15, -0.1) is 0 Å². The van der Waals surface area contributed by atoms with Gasteiger partial charge in [0.05, 0.1) is 13.2 Å². The molecular formula is C20H26FN3O. The number of aliphatic imine (C=N–C) groups is 1. The van der Waals surface area contributed by atoms with E-state index < -0.39 is 0 Å². The van der Waals surface area contributed by atoms with Crippen LogP contribution in [0.1, 0.15) is 29.2 Å². The van der Waals surface area contributed by atoms with Gasteiger partial charge in [0, 0.05) is 25.8 Å². The van der Waals surface area contributed by atoms with Crippen molar-refractivity contribution < 1.29 is 9.13 Å². The number of guanidine groups is 1. The van der Waals surface area contributed by atoms with Gasteiger partial charge in [0.1, 0.15) is 5.82 Å². The Morgan fingerprint density at radius 1 is 1.12 bits per heavy atom. The van der Waals surface area contributed by atoms with Crippen LogP contribution in [0.3, 0.4) is 0 Å². The van der Waals surface area contributed by atoms with Gasteiger partial charge in [-0.2, -0.15) is 0 Å². The lowest BCUT2D eigenvalue weighted by atomic mass is 10.1. The molecule has 2 aromatic carbocycles. The van der Waals surface area contributed by atoms with Gasteiger partial charge in [-0.1, -0.05) is 30.3 Å². The summed E-state index contributed by atoms with van der Waals surface area (Å²) < 4.78 is 18.7. The summed E-state index contributed by atoms with van der Waals surface area (Å²) in [5.41, 5.74) is 3.97. The van der Waals surface area contributed by atoms with Crippen molar-refractivity contribution in [2.45, 2.75) is 33.5 Å². The smallest absolute Gasteiger partial charge is 0.191 e. The minimum atomic E-state index is -0.251. The van der Waals surface area contributed by atoms with Gasteiger partial charge in [-0.3, -0.25) is 0 Å². The van der Waals surface area contributed by atoms with Crippen LogP contribution in [-0.4, -0.2) is 19.6 Å². The zero-order valence-electron chi connectivity index (χ0n) is 15.1. The number of halogens is 1. The highest BCUT2D eigenvalue weighted by Gasteiger charge is 2.04. The molecule has 0 amide bonds. The molecule has 4 nitrogen and oxygen atoms in total. The highest BCUT2D eigenvalue weighted by molar-refractivity contribution is 5.79. The molecule has 0 atom stereocenters. The predicted molar refractivity (Wildman–Crippen MR) is 99.9 cm³/mol. The molecule has 0 fully saturated rings. The molecule has 0 aliphatic rings. The predicted octanol–water partition coefficient (Wildman–Crippen LogP) is 3.54.